The Morgan fingerprint density at radius 3 is 2.43 bits per heavy atom. The fourth-order valence-corrected chi connectivity index (χ4v) is 2.33. The average Bonchev–Trinajstić information content (AvgIpc) is 2.53. The lowest BCUT2D eigenvalue weighted by Gasteiger charge is -2.19. The number of nitrogens with one attached hydrogen (secondary N) is 1. The molecule has 0 aliphatic heterocycles. The molecule has 0 radical (unpaired) electrons. The van der Waals surface area contributed by atoms with Crippen LogP contribution in [-0.4, -0.2) is 18.8 Å². The van der Waals surface area contributed by atoms with Crippen molar-refractivity contribution in [2.45, 2.75) is 25.8 Å². The van der Waals surface area contributed by atoms with Crippen LogP contribution in [0.1, 0.15) is 36.9 Å². The van der Waals surface area contributed by atoms with E-state index < -0.39 is 0 Å². The van der Waals surface area contributed by atoms with Gasteiger partial charge in [0.15, 0.2) is 11.5 Å². The van der Waals surface area contributed by atoms with Gasteiger partial charge in [-0.3, -0.25) is 0 Å². The van der Waals surface area contributed by atoms with Crippen LogP contribution in [0.15, 0.2) is 48.5 Å². The Morgan fingerprint density at radius 2 is 1.76 bits per heavy atom. The highest BCUT2D eigenvalue weighted by Gasteiger charge is 2.11. The summed E-state index contributed by atoms with van der Waals surface area (Å²) in [6.07, 6.45) is 0. The van der Waals surface area contributed by atoms with E-state index in [-0.39, 0.29) is 11.8 Å². The summed E-state index contributed by atoms with van der Waals surface area (Å²) in [6, 6.07) is 16.2. The van der Waals surface area contributed by atoms with E-state index in [2.05, 4.69) is 43.4 Å². The van der Waals surface area contributed by atoms with Gasteiger partial charge < -0.3 is 15.2 Å². The van der Waals surface area contributed by atoms with Crippen molar-refractivity contribution in [3.63, 3.8) is 0 Å². The Hall–Kier alpha value is -2.00. The summed E-state index contributed by atoms with van der Waals surface area (Å²) in [7, 11) is 1.56. The normalized spacial score (nSPS) is 13.7. The van der Waals surface area contributed by atoms with E-state index in [0.717, 1.165) is 12.1 Å². The average molecular weight is 285 g/mol. The van der Waals surface area contributed by atoms with Crippen LogP contribution >= 0.6 is 0 Å². The lowest BCUT2D eigenvalue weighted by Crippen LogP contribution is -2.23. The smallest absolute Gasteiger partial charge is 0.160 e. The van der Waals surface area contributed by atoms with Crippen molar-refractivity contribution in [2.24, 2.45) is 0 Å². The molecule has 0 aromatic heterocycles. The highest BCUT2D eigenvalue weighted by Crippen LogP contribution is 2.29. The van der Waals surface area contributed by atoms with Crippen LogP contribution in [0.25, 0.3) is 0 Å². The van der Waals surface area contributed by atoms with E-state index in [0.29, 0.717) is 11.7 Å². The van der Waals surface area contributed by atoms with Gasteiger partial charge in [0, 0.05) is 12.6 Å². The molecule has 2 aromatic carbocycles. The Morgan fingerprint density at radius 1 is 1.05 bits per heavy atom. The molecule has 2 atom stereocenters. The highest BCUT2D eigenvalue weighted by atomic mass is 16.5. The summed E-state index contributed by atoms with van der Waals surface area (Å²) in [5, 5.41) is 13.2. The summed E-state index contributed by atoms with van der Waals surface area (Å²) in [4.78, 5) is 0. The number of benzene rings is 2. The molecule has 3 heteroatoms. The lowest BCUT2D eigenvalue weighted by molar-refractivity contribution is 0.372. The minimum absolute atomic E-state index is 0.172. The topological polar surface area (TPSA) is 41.5 Å². The number of rotatable bonds is 6. The molecule has 0 saturated heterocycles. The van der Waals surface area contributed by atoms with E-state index >= 15 is 0 Å². The van der Waals surface area contributed by atoms with Crippen molar-refractivity contribution in [2.75, 3.05) is 13.7 Å². The third-order valence-corrected chi connectivity index (χ3v) is 3.80. The van der Waals surface area contributed by atoms with E-state index in [4.69, 9.17) is 4.74 Å². The molecule has 0 aliphatic carbocycles. The Kier molecular flexibility index (Phi) is 5.23. The number of methoxy groups -OCH3 is 1. The van der Waals surface area contributed by atoms with Crippen molar-refractivity contribution in [1.29, 1.82) is 0 Å². The van der Waals surface area contributed by atoms with Gasteiger partial charge in [-0.25, -0.2) is 0 Å². The van der Waals surface area contributed by atoms with Gasteiger partial charge in [0.25, 0.3) is 0 Å². The van der Waals surface area contributed by atoms with Crippen molar-refractivity contribution in [1.82, 2.24) is 5.32 Å². The van der Waals surface area contributed by atoms with Crippen LogP contribution in [0.2, 0.25) is 0 Å². The molecule has 0 amide bonds. The summed E-state index contributed by atoms with van der Waals surface area (Å²) < 4.78 is 5.15. The van der Waals surface area contributed by atoms with Crippen LogP contribution in [0.4, 0.5) is 0 Å². The molecule has 0 heterocycles. The molecule has 2 N–H and O–H groups in total. The molecule has 2 aromatic rings. The third kappa shape index (κ3) is 3.99. The number of hydrogen-bond donors (Lipinski definition) is 2. The number of phenolic OH excluding ortho intramolecular Hbond substituents is 1. The standard InChI is InChI=1S/C18H23NO2/c1-13(15-7-5-4-6-8-15)12-19-14(2)16-9-10-17(20)18(11-16)21-3/h4-11,13-14,19-20H,12H2,1-3H3. The molecule has 2 unspecified atom stereocenters. The fraction of sp³-hybridized carbons (Fsp3) is 0.333. The van der Waals surface area contributed by atoms with E-state index in [1.807, 2.05) is 18.2 Å². The zero-order valence-electron chi connectivity index (χ0n) is 12.8. The Balaban J connectivity index is 1.97. The molecule has 0 bridgehead atoms. The maximum absolute atomic E-state index is 9.64. The van der Waals surface area contributed by atoms with Crippen LogP contribution in [0.5, 0.6) is 11.5 Å². The number of aromatic hydroxyl groups is 1. The quantitative estimate of drug-likeness (QED) is 0.847. The molecule has 0 spiro atoms. The molecule has 2 rings (SSSR count). The largest absolute Gasteiger partial charge is 0.504 e. The second kappa shape index (κ2) is 7.14. The number of hydrogen-bond acceptors (Lipinski definition) is 3. The molecule has 0 fully saturated rings. The SMILES string of the molecule is COc1cc(C(C)NCC(C)c2ccccc2)ccc1O. The zero-order valence-corrected chi connectivity index (χ0v) is 12.8. The number of ether oxygens (including phenoxy) is 1. The van der Waals surface area contributed by atoms with Gasteiger partial charge in [-0.2, -0.15) is 0 Å². The molecular formula is C18H23NO2. The molecule has 21 heavy (non-hydrogen) atoms. The van der Waals surface area contributed by atoms with Crippen LogP contribution in [0.3, 0.4) is 0 Å². The predicted octanol–water partition coefficient (Wildman–Crippen LogP) is 3.86. The maximum atomic E-state index is 9.64. The second-order valence-electron chi connectivity index (χ2n) is 5.37. The second-order valence-corrected chi connectivity index (χ2v) is 5.37. The summed E-state index contributed by atoms with van der Waals surface area (Å²) in [6.45, 7) is 5.23. The zero-order chi connectivity index (χ0) is 15.2. The van der Waals surface area contributed by atoms with Gasteiger partial charge in [0.1, 0.15) is 0 Å². The van der Waals surface area contributed by atoms with E-state index in [1.165, 1.54) is 5.56 Å². The van der Waals surface area contributed by atoms with Gasteiger partial charge in [-0.15, -0.1) is 0 Å². The van der Waals surface area contributed by atoms with Crippen molar-refractivity contribution < 1.29 is 9.84 Å². The lowest BCUT2D eigenvalue weighted by atomic mass is 10.0. The minimum Gasteiger partial charge on any atom is -0.504 e. The summed E-state index contributed by atoms with van der Waals surface area (Å²) >= 11 is 0. The number of phenols is 1. The van der Waals surface area contributed by atoms with Crippen molar-refractivity contribution >= 4 is 0 Å². The van der Waals surface area contributed by atoms with Gasteiger partial charge in [-0.05, 0) is 36.1 Å². The Labute approximate surface area is 126 Å². The van der Waals surface area contributed by atoms with Gasteiger partial charge in [0.2, 0.25) is 0 Å². The molecule has 0 aliphatic rings. The monoisotopic (exact) mass is 285 g/mol. The first kappa shape index (κ1) is 15.4. The van der Waals surface area contributed by atoms with Gasteiger partial charge >= 0.3 is 0 Å². The minimum atomic E-state index is 0.172. The summed E-state index contributed by atoms with van der Waals surface area (Å²) in [5.41, 5.74) is 2.44. The van der Waals surface area contributed by atoms with Crippen molar-refractivity contribution in [3.05, 3.63) is 59.7 Å². The first-order chi connectivity index (χ1) is 10.1. The highest BCUT2D eigenvalue weighted by molar-refractivity contribution is 5.42. The van der Waals surface area contributed by atoms with E-state index in [9.17, 15) is 5.11 Å². The Bertz CT molecular complexity index is 569. The third-order valence-electron chi connectivity index (χ3n) is 3.80. The molecule has 112 valence electrons. The summed E-state index contributed by atoms with van der Waals surface area (Å²) in [5.74, 6) is 1.14. The molecular weight excluding hydrogens is 262 g/mol. The van der Waals surface area contributed by atoms with Crippen LogP contribution < -0.4 is 10.1 Å². The first-order valence-corrected chi connectivity index (χ1v) is 7.27. The first-order valence-electron chi connectivity index (χ1n) is 7.27. The van der Waals surface area contributed by atoms with Crippen LogP contribution in [0, 0.1) is 0 Å². The van der Waals surface area contributed by atoms with Gasteiger partial charge in [-0.1, -0.05) is 43.3 Å². The molecule has 3 nitrogen and oxygen atoms in total. The van der Waals surface area contributed by atoms with E-state index in [1.54, 1.807) is 13.2 Å². The van der Waals surface area contributed by atoms with Crippen LogP contribution in [-0.2, 0) is 0 Å². The predicted molar refractivity (Wildman–Crippen MR) is 85.9 cm³/mol. The molecule has 0 saturated carbocycles. The van der Waals surface area contributed by atoms with Gasteiger partial charge in [0.05, 0.1) is 7.11 Å². The van der Waals surface area contributed by atoms with Crippen molar-refractivity contribution in [3.8, 4) is 11.5 Å². The fourth-order valence-electron chi connectivity index (χ4n) is 2.33. The maximum Gasteiger partial charge on any atom is 0.160 e.